The third-order valence-corrected chi connectivity index (χ3v) is 1.84. The number of alkyl halides is 2. The van der Waals surface area contributed by atoms with Crippen molar-refractivity contribution in [3.8, 4) is 0 Å². The second kappa shape index (κ2) is 3.46. The Balaban J connectivity index is 4.09. The molecule has 0 saturated heterocycles. The molecular weight excluding hydrogens is 190 g/mol. The van der Waals surface area contributed by atoms with Crippen LogP contribution in [0.4, 0.5) is 0 Å². The Morgan fingerprint density at radius 2 is 2.22 bits per heavy atom. The van der Waals surface area contributed by atoms with E-state index >= 15 is 0 Å². The van der Waals surface area contributed by atoms with Crippen LogP contribution in [0.3, 0.4) is 0 Å². The molecule has 0 aromatic rings. The molecule has 0 bridgehead atoms. The van der Waals surface area contributed by atoms with Crippen molar-refractivity contribution in [1.82, 2.24) is 0 Å². The summed E-state index contributed by atoms with van der Waals surface area (Å²) >= 11 is 14.9. The number of hydrogen-bond donors (Lipinski definition) is 1. The van der Waals surface area contributed by atoms with Gasteiger partial charge in [0.2, 0.25) is 0 Å². The third-order valence-electron chi connectivity index (χ3n) is 0.614. The lowest BCUT2D eigenvalue weighted by molar-refractivity contribution is -0.146. The maximum atomic E-state index is 10.1. The minimum Gasteiger partial charge on any atom is -0.478 e. The molecule has 0 amide bonds. The zero-order chi connectivity index (χ0) is 7.49. The highest BCUT2D eigenvalue weighted by atomic mass is 35.5. The van der Waals surface area contributed by atoms with Crippen LogP contribution in [-0.2, 0) is 9.08 Å². The number of carbonyl (C=O) groups is 1. The average Bonchev–Trinajstić information content (AvgIpc) is 1.86. The van der Waals surface area contributed by atoms with Gasteiger partial charge in [-0.1, -0.05) is 11.6 Å². The van der Waals surface area contributed by atoms with Crippen LogP contribution in [-0.4, -0.2) is 22.0 Å². The summed E-state index contributed by atoms with van der Waals surface area (Å²) in [5.74, 6) is -1.82. The van der Waals surface area contributed by atoms with Gasteiger partial charge in [-0.2, -0.15) is 0 Å². The van der Waals surface area contributed by atoms with E-state index in [0.717, 1.165) is 0 Å². The Morgan fingerprint density at radius 3 is 2.22 bits per heavy atom. The number of carboxylic acid groups (broad SMARTS) is 1. The summed E-state index contributed by atoms with van der Waals surface area (Å²) in [5.41, 5.74) is 0. The molecule has 0 heterocycles. The van der Waals surface area contributed by atoms with Gasteiger partial charge in [-0.25, -0.2) is 9.08 Å². The van der Waals surface area contributed by atoms with Gasteiger partial charge in [0.25, 0.3) is 5.06 Å². The summed E-state index contributed by atoms with van der Waals surface area (Å²) in [4.78, 5) is 10.1. The Bertz CT molecular complexity index is 111. The van der Waals surface area contributed by atoms with Crippen LogP contribution in [0.25, 0.3) is 0 Å². The van der Waals surface area contributed by atoms with Crippen molar-refractivity contribution in [2.24, 2.45) is 0 Å². The minimum absolute atomic E-state index is 0.409. The summed E-state index contributed by atoms with van der Waals surface area (Å²) in [6.45, 7) is 0. The molecular formula is C3H3Cl3O3. The van der Waals surface area contributed by atoms with Crippen LogP contribution in [0.1, 0.15) is 0 Å². The van der Waals surface area contributed by atoms with E-state index in [9.17, 15) is 4.79 Å². The fourth-order valence-electron chi connectivity index (χ4n) is 0.111. The van der Waals surface area contributed by atoms with E-state index in [0.29, 0.717) is 0 Å². The van der Waals surface area contributed by atoms with Gasteiger partial charge in [-0.05, 0) is 0 Å². The monoisotopic (exact) mass is 192 g/mol. The van der Waals surface area contributed by atoms with Crippen molar-refractivity contribution in [1.29, 1.82) is 0 Å². The Hall–Kier alpha value is 0.300. The maximum Gasteiger partial charge on any atom is 0.354 e. The van der Waals surface area contributed by atoms with E-state index in [1.54, 1.807) is 0 Å². The van der Waals surface area contributed by atoms with Crippen molar-refractivity contribution >= 4 is 41.0 Å². The molecule has 0 spiro atoms. The first-order chi connectivity index (χ1) is 4.06. The molecule has 0 rings (SSSR count). The van der Waals surface area contributed by atoms with Crippen LogP contribution >= 0.6 is 35.1 Å². The van der Waals surface area contributed by atoms with Crippen LogP contribution in [0, 0.1) is 0 Å². The molecule has 0 saturated carbocycles. The van der Waals surface area contributed by atoms with Crippen molar-refractivity contribution in [3.63, 3.8) is 0 Å². The molecule has 1 unspecified atom stereocenters. The van der Waals surface area contributed by atoms with Gasteiger partial charge < -0.3 is 5.11 Å². The fourth-order valence-corrected chi connectivity index (χ4v) is 0.456. The van der Waals surface area contributed by atoms with Crippen LogP contribution in [0.2, 0.25) is 0 Å². The van der Waals surface area contributed by atoms with Gasteiger partial charge in [0, 0.05) is 0 Å². The molecule has 1 atom stereocenters. The smallest absolute Gasteiger partial charge is 0.354 e. The molecule has 9 heavy (non-hydrogen) atoms. The highest BCUT2D eigenvalue weighted by molar-refractivity contribution is 6.39. The van der Waals surface area contributed by atoms with Crippen LogP contribution in [0.15, 0.2) is 0 Å². The van der Waals surface area contributed by atoms with Gasteiger partial charge in [0.1, 0.15) is 0 Å². The molecule has 0 aromatic carbocycles. The molecule has 6 heteroatoms. The quantitative estimate of drug-likeness (QED) is 0.690. The standard InChI is InChI=1S/C3H3Cl3O3/c4-1-3(5,9-6)2(7)8/h1H2,(H,7,8). The summed E-state index contributed by atoms with van der Waals surface area (Å²) in [6.07, 6.45) is 0. The number of rotatable bonds is 3. The lowest BCUT2D eigenvalue weighted by Gasteiger charge is -2.12. The largest absolute Gasteiger partial charge is 0.478 e. The lowest BCUT2D eigenvalue weighted by atomic mass is 10.4. The summed E-state index contributed by atoms with van der Waals surface area (Å²) in [6, 6.07) is 0. The zero-order valence-electron chi connectivity index (χ0n) is 4.10. The Morgan fingerprint density at radius 1 is 1.78 bits per heavy atom. The van der Waals surface area contributed by atoms with Crippen molar-refractivity contribution in [2.75, 3.05) is 5.88 Å². The van der Waals surface area contributed by atoms with Crippen molar-refractivity contribution in [2.45, 2.75) is 5.06 Å². The number of halogens is 3. The molecule has 3 nitrogen and oxygen atoms in total. The van der Waals surface area contributed by atoms with E-state index in [-0.39, 0.29) is 0 Å². The second-order valence-corrected chi connectivity index (χ2v) is 2.28. The van der Waals surface area contributed by atoms with E-state index in [2.05, 4.69) is 4.29 Å². The second-order valence-electron chi connectivity index (χ2n) is 1.24. The van der Waals surface area contributed by atoms with Crippen molar-refractivity contribution < 1.29 is 14.2 Å². The topological polar surface area (TPSA) is 46.5 Å². The maximum absolute atomic E-state index is 10.1. The van der Waals surface area contributed by atoms with E-state index in [4.69, 9.17) is 40.2 Å². The van der Waals surface area contributed by atoms with Gasteiger partial charge in [0.05, 0.1) is 17.7 Å². The number of aliphatic carboxylic acids is 1. The summed E-state index contributed by atoms with van der Waals surface area (Å²) in [7, 11) is 0. The molecule has 54 valence electrons. The average molecular weight is 193 g/mol. The van der Waals surface area contributed by atoms with E-state index in [1.165, 1.54) is 0 Å². The first-order valence-electron chi connectivity index (χ1n) is 1.85. The van der Waals surface area contributed by atoms with Crippen LogP contribution in [0.5, 0.6) is 0 Å². The normalized spacial score (nSPS) is 16.8. The first-order valence-corrected chi connectivity index (χ1v) is 3.07. The molecule has 0 aliphatic carbocycles. The van der Waals surface area contributed by atoms with Gasteiger partial charge in [0.15, 0.2) is 0 Å². The minimum atomic E-state index is -2.00. The van der Waals surface area contributed by atoms with Gasteiger partial charge in [-0.15, -0.1) is 11.6 Å². The van der Waals surface area contributed by atoms with Crippen LogP contribution < -0.4 is 0 Å². The zero-order valence-corrected chi connectivity index (χ0v) is 6.37. The molecule has 0 fully saturated rings. The summed E-state index contributed by atoms with van der Waals surface area (Å²) < 4.78 is 3.85. The molecule has 0 aromatic heterocycles. The van der Waals surface area contributed by atoms with E-state index in [1.807, 2.05) is 0 Å². The van der Waals surface area contributed by atoms with Gasteiger partial charge in [-0.3, -0.25) is 0 Å². The molecule has 0 aliphatic rings. The molecule has 0 radical (unpaired) electrons. The first kappa shape index (κ1) is 9.30. The van der Waals surface area contributed by atoms with Gasteiger partial charge >= 0.3 is 5.97 Å². The highest BCUT2D eigenvalue weighted by Crippen LogP contribution is 2.20. The fraction of sp³-hybridized carbons (Fsp3) is 0.667. The summed E-state index contributed by atoms with van der Waals surface area (Å²) in [5, 5.41) is 6.21. The van der Waals surface area contributed by atoms with E-state index < -0.39 is 16.9 Å². The van der Waals surface area contributed by atoms with Crippen molar-refractivity contribution in [3.05, 3.63) is 0 Å². The predicted molar refractivity (Wildman–Crippen MR) is 33.9 cm³/mol. The SMILES string of the molecule is O=C(O)C(Cl)(CCl)OCl. The Labute approximate surface area is 66.6 Å². The number of hydrogen-bond acceptors (Lipinski definition) is 2. The number of carboxylic acids is 1. The third kappa shape index (κ3) is 2.18. The predicted octanol–water partition coefficient (Wildman–Crippen LogP) is 1.42. The Kier molecular flexibility index (Phi) is 3.58. The lowest BCUT2D eigenvalue weighted by Crippen LogP contribution is -2.34. The highest BCUT2D eigenvalue weighted by Gasteiger charge is 2.36. The molecule has 0 aliphatic heterocycles. The molecule has 1 N–H and O–H groups in total.